The fourth-order valence-electron chi connectivity index (χ4n) is 3.46. The average molecular weight is 557 g/mol. The Hall–Kier alpha value is -3.47. The smallest absolute Gasteiger partial charge is 0.338 e. The van der Waals surface area contributed by atoms with Gasteiger partial charge in [0.15, 0.2) is 10.9 Å². The Morgan fingerprint density at radius 2 is 1.65 bits per heavy atom. The number of esters is 1. The van der Waals surface area contributed by atoms with Crippen molar-refractivity contribution in [3.63, 3.8) is 0 Å². The van der Waals surface area contributed by atoms with Crippen LogP contribution < -0.4 is 5.32 Å². The molecule has 2 heterocycles. The highest BCUT2D eigenvalue weighted by Gasteiger charge is 2.22. The zero-order valence-corrected chi connectivity index (χ0v) is 22.5. The number of halogens is 2. The van der Waals surface area contributed by atoms with Crippen molar-refractivity contribution in [2.24, 2.45) is 0 Å². The fourth-order valence-corrected chi connectivity index (χ4v) is 4.92. The van der Waals surface area contributed by atoms with Crippen molar-refractivity contribution in [1.82, 2.24) is 25.0 Å². The molecular formula is C25H22Cl2N6O3S. The topological polar surface area (TPSA) is 112 Å². The van der Waals surface area contributed by atoms with Crippen LogP contribution in [0.4, 0.5) is 5.69 Å². The molecule has 0 fully saturated rings. The van der Waals surface area contributed by atoms with Gasteiger partial charge in [-0.25, -0.2) is 19.4 Å². The van der Waals surface area contributed by atoms with E-state index in [0.717, 1.165) is 11.4 Å². The van der Waals surface area contributed by atoms with E-state index in [1.165, 1.54) is 16.4 Å². The standard InChI is InChI=1S/C25H22Cl2N6O3S/c1-4-36-24(35)16-5-7-19(8-6-16)30-23(34)22-21(13-37-25-28-14(2)9-15(3)29-25)33(32-31-22)20-11-17(26)10-18(27)12-20/h5-12H,4,13H2,1-3H3,(H,30,34). The van der Waals surface area contributed by atoms with E-state index in [4.69, 9.17) is 27.9 Å². The zero-order valence-electron chi connectivity index (χ0n) is 20.2. The van der Waals surface area contributed by atoms with Gasteiger partial charge in [0.05, 0.1) is 23.6 Å². The lowest BCUT2D eigenvalue weighted by Crippen LogP contribution is -2.15. The van der Waals surface area contributed by atoms with E-state index in [1.54, 1.807) is 49.4 Å². The third-order valence-corrected chi connectivity index (χ3v) is 6.32. The van der Waals surface area contributed by atoms with Crippen LogP contribution in [0, 0.1) is 13.8 Å². The molecule has 0 aliphatic carbocycles. The van der Waals surface area contributed by atoms with Crippen LogP contribution in [0.15, 0.2) is 53.7 Å². The van der Waals surface area contributed by atoms with E-state index in [2.05, 4.69) is 25.6 Å². The highest BCUT2D eigenvalue weighted by atomic mass is 35.5. The predicted molar refractivity (Wildman–Crippen MR) is 143 cm³/mol. The summed E-state index contributed by atoms with van der Waals surface area (Å²) in [6, 6.07) is 13.2. The first-order chi connectivity index (χ1) is 17.7. The number of aryl methyl sites for hydroxylation is 2. The Bertz CT molecular complexity index is 1420. The maximum absolute atomic E-state index is 13.2. The van der Waals surface area contributed by atoms with Crippen molar-refractivity contribution >= 4 is 52.5 Å². The van der Waals surface area contributed by atoms with Crippen LogP contribution in [-0.4, -0.2) is 43.4 Å². The molecule has 0 aliphatic heterocycles. The summed E-state index contributed by atoms with van der Waals surface area (Å²) in [4.78, 5) is 34.1. The van der Waals surface area contributed by atoms with Gasteiger partial charge in [-0.05, 0) is 69.3 Å². The van der Waals surface area contributed by atoms with Crippen molar-refractivity contribution in [2.45, 2.75) is 31.7 Å². The summed E-state index contributed by atoms with van der Waals surface area (Å²) in [5.74, 6) is -0.610. The second-order valence-electron chi connectivity index (χ2n) is 7.90. The number of anilines is 1. The van der Waals surface area contributed by atoms with Gasteiger partial charge < -0.3 is 10.1 Å². The molecule has 9 nitrogen and oxygen atoms in total. The summed E-state index contributed by atoms with van der Waals surface area (Å²) in [6.07, 6.45) is 0. The van der Waals surface area contributed by atoms with Crippen LogP contribution in [0.5, 0.6) is 0 Å². The summed E-state index contributed by atoms with van der Waals surface area (Å²) >= 11 is 13.8. The van der Waals surface area contributed by atoms with Crippen LogP contribution in [0.1, 0.15) is 44.9 Å². The molecule has 1 N–H and O–H groups in total. The minimum absolute atomic E-state index is 0.113. The molecule has 4 aromatic rings. The molecule has 0 aliphatic rings. The minimum atomic E-state index is -0.472. The number of nitrogens with zero attached hydrogens (tertiary/aromatic N) is 5. The maximum atomic E-state index is 13.2. The van der Waals surface area contributed by atoms with Crippen molar-refractivity contribution in [2.75, 3.05) is 11.9 Å². The summed E-state index contributed by atoms with van der Waals surface area (Å²) in [6.45, 7) is 5.80. The number of thioether (sulfide) groups is 1. The number of rotatable bonds is 8. The van der Waals surface area contributed by atoms with E-state index in [-0.39, 0.29) is 12.3 Å². The molecule has 0 spiro atoms. The monoisotopic (exact) mass is 556 g/mol. The maximum Gasteiger partial charge on any atom is 0.338 e. The van der Waals surface area contributed by atoms with Gasteiger partial charge in [0, 0.05) is 32.9 Å². The van der Waals surface area contributed by atoms with Crippen molar-refractivity contribution in [3.05, 3.63) is 86.9 Å². The number of nitrogens with one attached hydrogen (secondary N) is 1. The Kier molecular flexibility index (Phi) is 8.42. The average Bonchev–Trinajstić information content (AvgIpc) is 3.26. The number of aromatic nitrogens is 5. The number of benzene rings is 2. The van der Waals surface area contributed by atoms with Gasteiger partial charge in [-0.15, -0.1) is 5.10 Å². The first-order valence-corrected chi connectivity index (χ1v) is 12.9. The number of hydrogen-bond donors (Lipinski definition) is 1. The number of amides is 1. The Labute approximate surface area is 227 Å². The highest BCUT2D eigenvalue weighted by molar-refractivity contribution is 7.98. The molecule has 0 bridgehead atoms. The van der Waals surface area contributed by atoms with Crippen molar-refractivity contribution in [3.8, 4) is 5.69 Å². The molecule has 0 saturated heterocycles. The van der Waals surface area contributed by atoms with Crippen LogP contribution in [0.2, 0.25) is 10.0 Å². The molecule has 1 amide bonds. The van der Waals surface area contributed by atoms with Crippen LogP contribution in [0.25, 0.3) is 5.69 Å². The van der Waals surface area contributed by atoms with Gasteiger partial charge >= 0.3 is 5.97 Å². The minimum Gasteiger partial charge on any atom is -0.462 e. The Morgan fingerprint density at radius 1 is 1.00 bits per heavy atom. The summed E-state index contributed by atoms with van der Waals surface area (Å²) in [7, 11) is 0. The van der Waals surface area contributed by atoms with Crippen molar-refractivity contribution < 1.29 is 14.3 Å². The molecule has 4 rings (SSSR count). The quantitative estimate of drug-likeness (QED) is 0.167. The first kappa shape index (κ1) is 26.6. The van der Waals surface area contributed by atoms with Crippen LogP contribution in [-0.2, 0) is 10.5 Å². The second-order valence-corrected chi connectivity index (χ2v) is 9.71. The predicted octanol–water partition coefficient (Wildman–Crippen LogP) is 5.70. The summed E-state index contributed by atoms with van der Waals surface area (Å²) < 4.78 is 6.51. The lowest BCUT2D eigenvalue weighted by atomic mass is 10.2. The highest BCUT2D eigenvalue weighted by Crippen LogP contribution is 2.27. The number of carbonyl (C=O) groups excluding carboxylic acids is 2. The largest absolute Gasteiger partial charge is 0.462 e. The van der Waals surface area contributed by atoms with Gasteiger partial charge in [0.25, 0.3) is 5.91 Å². The molecule has 2 aromatic carbocycles. The summed E-state index contributed by atoms with van der Waals surface area (Å²) in [5, 5.41) is 12.6. The Morgan fingerprint density at radius 3 is 2.27 bits per heavy atom. The molecule has 2 aromatic heterocycles. The summed E-state index contributed by atoms with van der Waals surface area (Å²) in [5.41, 5.74) is 3.72. The first-order valence-electron chi connectivity index (χ1n) is 11.2. The molecule has 12 heteroatoms. The van der Waals surface area contributed by atoms with Crippen LogP contribution in [0.3, 0.4) is 0 Å². The third-order valence-electron chi connectivity index (χ3n) is 5.02. The lowest BCUT2D eigenvalue weighted by Gasteiger charge is -2.10. The van der Waals surface area contributed by atoms with Gasteiger partial charge in [0.1, 0.15) is 0 Å². The second kappa shape index (κ2) is 11.7. The zero-order chi connectivity index (χ0) is 26.5. The van der Waals surface area contributed by atoms with E-state index in [9.17, 15) is 9.59 Å². The van der Waals surface area contributed by atoms with Crippen LogP contribution >= 0.6 is 35.0 Å². The molecule has 0 atom stereocenters. The number of hydrogen-bond acceptors (Lipinski definition) is 8. The normalized spacial score (nSPS) is 10.8. The van der Waals surface area contributed by atoms with Crippen molar-refractivity contribution in [1.29, 1.82) is 0 Å². The fraction of sp³-hybridized carbons (Fsp3) is 0.200. The van der Waals surface area contributed by atoms with Gasteiger partial charge in [-0.3, -0.25) is 4.79 Å². The van der Waals surface area contributed by atoms with Gasteiger partial charge in [-0.2, -0.15) is 0 Å². The van der Waals surface area contributed by atoms with Gasteiger partial charge in [0.2, 0.25) is 0 Å². The molecule has 0 saturated carbocycles. The van der Waals surface area contributed by atoms with Gasteiger partial charge in [-0.1, -0.05) is 40.2 Å². The van der Waals surface area contributed by atoms with E-state index in [1.807, 2.05) is 19.9 Å². The third kappa shape index (κ3) is 6.65. The Balaban J connectivity index is 1.64. The molecule has 0 radical (unpaired) electrons. The van der Waals surface area contributed by atoms with E-state index < -0.39 is 11.9 Å². The van der Waals surface area contributed by atoms with E-state index >= 15 is 0 Å². The molecule has 0 unspecified atom stereocenters. The number of ether oxygens (including phenoxy) is 1. The number of carbonyl (C=O) groups is 2. The molecular weight excluding hydrogens is 535 g/mol. The molecule has 37 heavy (non-hydrogen) atoms. The van der Waals surface area contributed by atoms with E-state index in [0.29, 0.717) is 43.6 Å². The lowest BCUT2D eigenvalue weighted by molar-refractivity contribution is 0.0526. The SMILES string of the molecule is CCOC(=O)c1ccc(NC(=O)c2nnn(-c3cc(Cl)cc(Cl)c3)c2CSc2nc(C)cc(C)n2)cc1. The molecule has 190 valence electrons.